The lowest BCUT2D eigenvalue weighted by Crippen LogP contribution is -1.89. The molecule has 0 spiro atoms. The maximum Gasteiger partial charge on any atom is 0.152 e. The highest BCUT2D eigenvalue weighted by atomic mass is 35.5. The molecule has 0 bridgehead atoms. The highest BCUT2D eigenvalue weighted by molar-refractivity contribution is 6.30. The van der Waals surface area contributed by atoms with Crippen LogP contribution in [-0.4, -0.2) is 10.2 Å². The maximum absolute atomic E-state index is 6.00. The molecule has 0 amide bonds. The lowest BCUT2D eigenvalue weighted by atomic mass is 10.1. The van der Waals surface area contributed by atoms with Gasteiger partial charge in [-0.05, 0) is 31.2 Å². The first kappa shape index (κ1) is 12.8. The second-order valence-electron chi connectivity index (χ2n) is 4.67. The van der Waals surface area contributed by atoms with Gasteiger partial charge in [0, 0.05) is 22.3 Å². The summed E-state index contributed by atoms with van der Waals surface area (Å²) in [5.74, 6) is 0.781. The Bertz CT molecular complexity index is 717. The number of nitrogens with one attached hydrogen (secondary N) is 2. The van der Waals surface area contributed by atoms with E-state index in [1.54, 1.807) is 0 Å². The van der Waals surface area contributed by atoms with Crippen LogP contribution in [0.3, 0.4) is 0 Å². The van der Waals surface area contributed by atoms with Crippen molar-refractivity contribution in [1.82, 2.24) is 10.2 Å². The van der Waals surface area contributed by atoms with Crippen molar-refractivity contribution in [2.24, 2.45) is 0 Å². The number of nitrogens with zero attached hydrogens (tertiary/aromatic N) is 1. The number of aryl methyl sites for hydroxylation is 1. The second kappa shape index (κ2) is 5.39. The molecule has 0 radical (unpaired) electrons. The summed E-state index contributed by atoms with van der Waals surface area (Å²) in [6.07, 6.45) is 0. The quantitative estimate of drug-likeness (QED) is 0.726. The molecule has 0 aliphatic carbocycles. The first-order valence-electron chi connectivity index (χ1n) is 6.36. The minimum atomic E-state index is 0.713. The zero-order valence-corrected chi connectivity index (χ0v) is 11.8. The molecule has 0 saturated carbocycles. The minimum Gasteiger partial charge on any atom is -0.339 e. The van der Waals surface area contributed by atoms with Gasteiger partial charge in [0.05, 0.1) is 5.69 Å². The van der Waals surface area contributed by atoms with Gasteiger partial charge in [0.2, 0.25) is 0 Å². The molecule has 3 aromatic rings. The molecule has 3 nitrogen and oxygen atoms in total. The van der Waals surface area contributed by atoms with Crippen LogP contribution in [-0.2, 0) is 0 Å². The zero-order chi connectivity index (χ0) is 13.9. The Morgan fingerprint density at radius 1 is 1.05 bits per heavy atom. The Hall–Kier alpha value is -2.26. The summed E-state index contributed by atoms with van der Waals surface area (Å²) in [6.45, 7) is 2.07. The average Bonchev–Trinajstić information content (AvgIpc) is 2.90. The molecule has 2 aromatic carbocycles. The van der Waals surface area contributed by atoms with E-state index in [1.807, 2.05) is 42.5 Å². The largest absolute Gasteiger partial charge is 0.339 e. The number of hydrogen-bond donors (Lipinski definition) is 2. The van der Waals surface area contributed by atoms with Crippen molar-refractivity contribution in [2.45, 2.75) is 6.92 Å². The van der Waals surface area contributed by atoms with E-state index in [-0.39, 0.29) is 0 Å². The van der Waals surface area contributed by atoms with Crippen LogP contribution in [0.1, 0.15) is 5.56 Å². The third-order valence-corrected chi connectivity index (χ3v) is 3.27. The van der Waals surface area contributed by atoms with Crippen molar-refractivity contribution in [1.29, 1.82) is 0 Å². The molecule has 4 heteroatoms. The van der Waals surface area contributed by atoms with Gasteiger partial charge >= 0.3 is 0 Å². The second-order valence-corrected chi connectivity index (χ2v) is 5.10. The zero-order valence-electron chi connectivity index (χ0n) is 11.0. The summed E-state index contributed by atoms with van der Waals surface area (Å²) in [5.41, 5.74) is 4.20. The van der Waals surface area contributed by atoms with Crippen LogP contribution in [0.25, 0.3) is 11.3 Å². The van der Waals surface area contributed by atoms with Crippen LogP contribution < -0.4 is 5.32 Å². The smallest absolute Gasteiger partial charge is 0.152 e. The summed E-state index contributed by atoms with van der Waals surface area (Å²) < 4.78 is 0. The van der Waals surface area contributed by atoms with Crippen LogP contribution in [0.4, 0.5) is 11.5 Å². The van der Waals surface area contributed by atoms with Crippen LogP contribution in [0.5, 0.6) is 0 Å². The van der Waals surface area contributed by atoms with Crippen molar-refractivity contribution < 1.29 is 0 Å². The predicted molar refractivity (Wildman–Crippen MR) is 83.5 cm³/mol. The van der Waals surface area contributed by atoms with E-state index in [9.17, 15) is 0 Å². The van der Waals surface area contributed by atoms with Gasteiger partial charge in [-0.2, -0.15) is 5.10 Å². The molecule has 0 unspecified atom stereocenters. The highest BCUT2D eigenvalue weighted by Crippen LogP contribution is 2.24. The molecule has 0 saturated heterocycles. The molecule has 3 rings (SSSR count). The van der Waals surface area contributed by atoms with Crippen LogP contribution in [0, 0.1) is 6.92 Å². The Morgan fingerprint density at radius 3 is 2.60 bits per heavy atom. The summed E-state index contributed by atoms with van der Waals surface area (Å²) >= 11 is 6.00. The van der Waals surface area contributed by atoms with Gasteiger partial charge in [0.1, 0.15) is 0 Å². The van der Waals surface area contributed by atoms with Crippen molar-refractivity contribution in [3.63, 3.8) is 0 Å². The normalized spacial score (nSPS) is 10.5. The van der Waals surface area contributed by atoms with E-state index in [0.717, 1.165) is 22.8 Å². The van der Waals surface area contributed by atoms with E-state index in [1.165, 1.54) is 5.56 Å². The third kappa shape index (κ3) is 2.83. The first-order valence-corrected chi connectivity index (χ1v) is 6.73. The van der Waals surface area contributed by atoms with Crippen LogP contribution in [0.15, 0.2) is 54.6 Å². The van der Waals surface area contributed by atoms with Crippen molar-refractivity contribution in [3.05, 3.63) is 65.2 Å². The van der Waals surface area contributed by atoms with E-state index >= 15 is 0 Å². The number of benzene rings is 2. The van der Waals surface area contributed by atoms with Crippen LogP contribution >= 0.6 is 11.6 Å². The summed E-state index contributed by atoms with van der Waals surface area (Å²) in [5, 5.41) is 11.2. The molecule has 1 heterocycles. The Balaban J connectivity index is 1.82. The molecule has 2 N–H and O–H groups in total. The number of anilines is 2. The molecular weight excluding hydrogens is 270 g/mol. The van der Waals surface area contributed by atoms with Gasteiger partial charge in [-0.25, -0.2) is 0 Å². The number of rotatable bonds is 3. The number of aromatic nitrogens is 2. The topological polar surface area (TPSA) is 40.7 Å². The van der Waals surface area contributed by atoms with Gasteiger partial charge in [-0.3, -0.25) is 5.10 Å². The SMILES string of the molecule is Cc1ccc(Nc2cc(-c3cccc(Cl)c3)[nH]n2)cc1. The van der Waals surface area contributed by atoms with Crippen LogP contribution in [0.2, 0.25) is 5.02 Å². The summed E-state index contributed by atoms with van der Waals surface area (Å²) in [4.78, 5) is 0. The number of H-pyrrole nitrogens is 1. The van der Waals surface area contributed by atoms with Gasteiger partial charge in [-0.1, -0.05) is 41.4 Å². The standard InChI is InChI=1S/C16H14ClN3/c1-11-5-7-14(8-6-11)18-16-10-15(19-20-16)12-3-2-4-13(17)9-12/h2-10H,1H3,(H2,18,19,20). The van der Waals surface area contributed by atoms with E-state index in [2.05, 4.69) is 34.6 Å². The van der Waals surface area contributed by atoms with E-state index < -0.39 is 0 Å². The summed E-state index contributed by atoms with van der Waals surface area (Å²) in [6, 6.07) is 17.8. The van der Waals surface area contributed by atoms with Gasteiger partial charge in [-0.15, -0.1) is 0 Å². The molecule has 0 fully saturated rings. The Kier molecular flexibility index (Phi) is 3.44. The van der Waals surface area contributed by atoms with Crippen molar-refractivity contribution >= 4 is 23.1 Å². The molecule has 20 heavy (non-hydrogen) atoms. The predicted octanol–water partition coefficient (Wildman–Crippen LogP) is 4.78. The molecule has 0 aliphatic rings. The molecule has 100 valence electrons. The molecule has 0 atom stereocenters. The van der Waals surface area contributed by atoms with Gasteiger partial charge in [0.25, 0.3) is 0 Å². The lowest BCUT2D eigenvalue weighted by molar-refractivity contribution is 1.10. The lowest BCUT2D eigenvalue weighted by Gasteiger charge is -2.02. The van der Waals surface area contributed by atoms with E-state index in [4.69, 9.17) is 11.6 Å². The number of halogens is 1. The third-order valence-electron chi connectivity index (χ3n) is 3.04. The Morgan fingerprint density at radius 2 is 1.85 bits per heavy atom. The monoisotopic (exact) mass is 283 g/mol. The Labute approximate surface area is 122 Å². The minimum absolute atomic E-state index is 0.713. The molecular formula is C16H14ClN3. The summed E-state index contributed by atoms with van der Waals surface area (Å²) in [7, 11) is 0. The van der Waals surface area contributed by atoms with Crippen molar-refractivity contribution in [3.8, 4) is 11.3 Å². The number of hydrogen-bond acceptors (Lipinski definition) is 2. The average molecular weight is 284 g/mol. The number of aromatic amines is 1. The maximum atomic E-state index is 6.00. The van der Waals surface area contributed by atoms with Gasteiger partial charge < -0.3 is 5.32 Å². The first-order chi connectivity index (χ1) is 9.70. The highest BCUT2D eigenvalue weighted by Gasteiger charge is 2.04. The van der Waals surface area contributed by atoms with E-state index in [0.29, 0.717) is 5.02 Å². The molecule has 0 aliphatic heterocycles. The van der Waals surface area contributed by atoms with Crippen molar-refractivity contribution in [2.75, 3.05) is 5.32 Å². The van der Waals surface area contributed by atoms with Gasteiger partial charge in [0.15, 0.2) is 5.82 Å². The fourth-order valence-corrected chi connectivity index (χ4v) is 2.16. The fraction of sp³-hybridized carbons (Fsp3) is 0.0625. The fourth-order valence-electron chi connectivity index (χ4n) is 1.97. The molecule has 1 aromatic heterocycles.